The van der Waals surface area contributed by atoms with Gasteiger partial charge in [-0.25, -0.2) is 26.7 Å². The first kappa shape index (κ1) is 16.9. The zero-order valence-electron chi connectivity index (χ0n) is 10.9. The molecule has 114 valence electrons. The molecule has 2 atom stereocenters. The minimum Gasteiger partial charge on any atom is -0.453 e. The summed E-state index contributed by atoms with van der Waals surface area (Å²) in [5.74, 6) is -12.6. The first-order chi connectivity index (χ1) is 9.76. The van der Waals surface area contributed by atoms with Crippen molar-refractivity contribution in [2.75, 3.05) is 0 Å². The van der Waals surface area contributed by atoms with Crippen LogP contribution in [-0.2, 0) is 9.53 Å². The highest BCUT2D eigenvalue weighted by molar-refractivity contribution is 5.81. The van der Waals surface area contributed by atoms with Crippen molar-refractivity contribution in [1.82, 2.24) is 0 Å². The van der Waals surface area contributed by atoms with Gasteiger partial charge in [0.1, 0.15) is 6.10 Å². The number of hydrogen-bond acceptors (Lipinski definition) is 2. The van der Waals surface area contributed by atoms with Gasteiger partial charge >= 0.3 is 5.97 Å². The fraction of sp³-hybridized carbons (Fsp3) is 0.214. The van der Waals surface area contributed by atoms with Crippen molar-refractivity contribution in [2.45, 2.75) is 13.0 Å². The van der Waals surface area contributed by atoms with Gasteiger partial charge in [0.25, 0.3) is 0 Å². The summed E-state index contributed by atoms with van der Waals surface area (Å²) in [5, 5.41) is 0. The van der Waals surface area contributed by atoms with Crippen LogP contribution in [0.1, 0.15) is 18.6 Å². The highest BCUT2D eigenvalue weighted by Crippen LogP contribution is 2.34. The molecule has 1 aromatic carbocycles. The van der Waals surface area contributed by atoms with Crippen LogP contribution in [0.25, 0.3) is 0 Å². The third-order valence-electron chi connectivity index (χ3n) is 2.79. The average Bonchev–Trinajstić information content (AvgIpc) is 2.48. The summed E-state index contributed by atoms with van der Waals surface area (Å²) in [5.41, 5.74) is -1.23. The molecule has 0 saturated carbocycles. The molecule has 0 aromatic heterocycles. The topological polar surface area (TPSA) is 26.3 Å². The largest absolute Gasteiger partial charge is 0.453 e. The van der Waals surface area contributed by atoms with E-state index in [9.17, 15) is 26.7 Å². The molecule has 0 aliphatic rings. The Balaban J connectivity index is 3.54. The lowest BCUT2D eigenvalue weighted by Gasteiger charge is -2.23. The van der Waals surface area contributed by atoms with E-state index < -0.39 is 52.6 Å². The molecule has 0 fully saturated rings. The lowest BCUT2D eigenvalue weighted by molar-refractivity contribution is -0.145. The van der Waals surface area contributed by atoms with E-state index in [1.807, 2.05) is 0 Å². The molecule has 0 aliphatic carbocycles. The Kier molecular flexibility index (Phi) is 5.23. The van der Waals surface area contributed by atoms with Crippen LogP contribution in [0.2, 0.25) is 0 Å². The molecule has 1 aromatic rings. The highest BCUT2D eigenvalue weighted by atomic mass is 19.2. The summed E-state index contributed by atoms with van der Waals surface area (Å²) in [7, 11) is 0. The summed E-state index contributed by atoms with van der Waals surface area (Å²) < 4.78 is 71.6. The molecule has 0 bridgehead atoms. The maximum absolute atomic E-state index is 13.7. The van der Waals surface area contributed by atoms with E-state index in [-0.39, 0.29) is 0 Å². The van der Waals surface area contributed by atoms with Gasteiger partial charge in [-0.05, 0) is 0 Å². The van der Waals surface area contributed by atoms with E-state index in [1.165, 1.54) is 6.92 Å². The minimum atomic E-state index is -2.28. The maximum Gasteiger partial charge on any atom is 0.330 e. The molecule has 0 amide bonds. The predicted octanol–water partition coefficient (Wildman–Crippen LogP) is 3.97. The monoisotopic (exact) mass is 306 g/mol. The second-order valence-corrected chi connectivity index (χ2v) is 4.14. The van der Waals surface area contributed by atoms with Crippen LogP contribution in [0, 0.1) is 35.0 Å². The molecule has 0 N–H and O–H groups in total. The Hall–Kier alpha value is -2.18. The summed E-state index contributed by atoms with van der Waals surface area (Å²) in [6, 6.07) is 0. The molecular formula is C14H11F5O2. The Morgan fingerprint density at radius 1 is 1.00 bits per heavy atom. The van der Waals surface area contributed by atoms with Crippen LogP contribution in [0.5, 0.6) is 0 Å². The van der Waals surface area contributed by atoms with Crippen molar-refractivity contribution in [3.8, 4) is 0 Å². The van der Waals surface area contributed by atoms with Crippen LogP contribution in [0.3, 0.4) is 0 Å². The lowest BCUT2D eigenvalue weighted by atomic mass is 9.95. The van der Waals surface area contributed by atoms with Crippen LogP contribution >= 0.6 is 0 Å². The van der Waals surface area contributed by atoms with Gasteiger partial charge in [-0.3, -0.25) is 0 Å². The number of carbonyl (C=O) groups is 1. The molecule has 0 aliphatic heterocycles. The molecule has 0 unspecified atom stereocenters. The molecule has 0 spiro atoms. The first-order valence-electron chi connectivity index (χ1n) is 5.73. The standard InChI is InChI=1S/C14H11F5O2/c1-4-6(3)14(21-7(20)5-2)8-9(15)11(17)13(19)12(18)10(8)16/h4-6,14H,1-2H2,3H3/t6-,14-/m1/s1. The molecule has 0 saturated heterocycles. The minimum absolute atomic E-state index is 0.703. The SMILES string of the molecule is C=CC(=O)O[C@@H](c1c(F)c(F)c(F)c(F)c1F)[C@H](C)C=C. The maximum atomic E-state index is 13.7. The van der Waals surface area contributed by atoms with Crippen molar-refractivity contribution in [3.05, 3.63) is 60.0 Å². The second kappa shape index (κ2) is 6.51. The first-order valence-corrected chi connectivity index (χ1v) is 5.73. The van der Waals surface area contributed by atoms with E-state index >= 15 is 0 Å². The average molecular weight is 306 g/mol. The van der Waals surface area contributed by atoms with Gasteiger partial charge < -0.3 is 4.74 Å². The number of rotatable bonds is 5. The number of carbonyl (C=O) groups excluding carboxylic acids is 1. The quantitative estimate of drug-likeness (QED) is 0.205. The fourth-order valence-electron chi connectivity index (χ4n) is 1.60. The predicted molar refractivity (Wildman–Crippen MR) is 64.6 cm³/mol. The van der Waals surface area contributed by atoms with Gasteiger partial charge in [-0.15, -0.1) is 6.58 Å². The normalized spacial score (nSPS) is 13.4. The molecule has 0 heterocycles. The summed E-state index contributed by atoms with van der Waals surface area (Å²) in [6.07, 6.45) is 0.131. The van der Waals surface area contributed by atoms with Crippen LogP contribution in [0.15, 0.2) is 25.3 Å². The van der Waals surface area contributed by atoms with E-state index in [2.05, 4.69) is 17.9 Å². The number of esters is 1. The van der Waals surface area contributed by atoms with Crippen molar-refractivity contribution in [1.29, 1.82) is 0 Å². The zero-order valence-corrected chi connectivity index (χ0v) is 10.9. The third kappa shape index (κ3) is 3.12. The van der Waals surface area contributed by atoms with Crippen molar-refractivity contribution >= 4 is 5.97 Å². The number of halogens is 5. The van der Waals surface area contributed by atoms with Gasteiger partial charge in [0.05, 0.1) is 5.56 Å². The Labute approximate surface area is 117 Å². The summed E-state index contributed by atoms with van der Waals surface area (Å²) in [4.78, 5) is 11.2. The van der Waals surface area contributed by atoms with Crippen LogP contribution in [-0.4, -0.2) is 5.97 Å². The smallest absolute Gasteiger partial charge is 0.330 e. The number of hydrogen-bond donors (Lipinski definition) is 0. The highest BCUT2D eigenvalue weighted by Gasteiger charge is 2.34. The number of benzene rings is 1. The summed E-state index contributed by atoms with van der Waals surface area (Å²) >= 11 is 0. The molecule has 21 heavy (non-hydrogen) atoms. The molecule has 7 heteroatoms. The van der Waals surface area contributed by atoms with Crippen molar-refractivity contribution in [3.63, 3.8) is 0 Å². The second-order valence-electron chi connectivity index (χ2n) is 4.14. The lowest BCUT2D eigenvalue weighted by Crippen LogP contribution is -2.20. The van der Waals surface area contributed by atoms with Crippen molar-refractivity contribution < 1.29 is 31.5 Å². The van der Waals surface area contributed by atoms with Crippen molar-refractivity contribution in [2.24, 2.45) is 5.92 Å². The van der Waals surface area contributed by atoms with Gasteiger partial charge in [-0.1, -0.05) is 19.6 Å². The van der Waals surface area contributed by atoms with Gasteiger partial charge in [-0.2, -0.15) is 0 Å². The van der Waals surface area contributed by atoms with E-state index in [0.29, 0.717) is 6.08 Å². The zero-order chi connectivity index (χ0) is 16.3. The Bertz CT molecular complexity index is 569. The van der Waals surface area contributed by atoms with Crippen LogP contribution < -0.4 is 0 Å². The Morgan fingerprint density at radius 2 is 1.43 bits per heavy atom. The fourth-order valence-corrected chi connectivity index (χ4v) is 1.60. The molecule has 0 radical (unpaired) electrons. The van der Waals surface area contributed by atoms with Gasteiger partial charge in [0.2, 0.25) is 5.82 Å². The molecule has 2 nitrogen and oxygen atoms in total. The van der Waals surface area contributed by atoms with E-state index in [1.54, 1.807) is 0 Å². The van der Waals surface area contributed by atoms with Crippen LogP contribution in [0.4, 0.5) is 22.0 Å². The molecular weight excluding hydrogens is 295 g/mol. The molecule has 1 rings (SSSR count). The van der Waals surface area contributed by atoms with E-state index in [4.69, 9.17) is 0 Å². The van der Waals surface area contributed by atoms with E-state index in [0.717, 1.165) is 6.08 Å². The van der Waals surface area contributed by atoms with Gasteiger partial charge in [0, 0.05) is 12.0 Å². The third-order valence-corrected chi connectivity index (χ3v) is 2.79. The van der Waals surface area contributed by atoms with Gasteiger partial charge in [0.15, 0.2) is 23.3 Å². The number of ether oxygens (including phenoxy) is 1. The summed E-state index contributed by atoms with van der Waals surface area (Å²) in [6.45, 7) is 7.77. The Morgan fingerprint density at radius 3 is 1.81 bits per heavy atom.